The van der Waals surface area contributed by atoms with Crippen molar-refractivity contribution in [2.75, 3.05) is 13.3 Å². The Morgan fingerprint density at radius 2 is 1.89 bits per heavy atom. The Bertz CT molecular complexity index is 65.8. The van der Waals surface area contributed by atoms with Crippen LogP contribution in [0.1, 0.15) is 27.7 Å². The summed E-state index contributed by atoms with van der Waals surface area (Å²) in [7, 11) is 0. The molecular weight excluding hydrogens is 114 g/mol. The highest BCUT2D eigenvalue weighted by molar-refractivity contribution is 4.66. The van der Waals surface area contributed by atoms with Crippen molar-refractivity contribution >= 4 is 0 Å². The first-order chi connectivity index (χ1) is 4.06. The van der Waals surface area contributed by atoms with E-state index in [-0.39, 0.29) is 5.54 Å². The summed E-state index contributed by atoms with van der Waals surface area (Å²) in [6, 6.07) is 0. The zero-order valence-corrected chi connectivity index (χ0v) is 6.82. The third-order valence-electron chi connectivity index (χ3n) is 0.909. The molecule has 0 aromatic rings. The molecule has 0 bridgehead atoms. The molecule has 1 N–H and O–H groups in total. The van der Waals surface area contributed by atoms with Gasteiger partial charge in [0.2, 0.25) is 0 Å². The van der Waals surface area contributed by atoms with Crippen molar-refractivity contribution in [1.29, 1.82) is 0 Å². The Labute approximate surface area is 57.6 Å². The fourth-order valence-corrected chi connectivity index (χ4v) is 0.370. The highest BCUT2D eigenvalue weighted by atomic mass is 16.5. The second kappa shape index (κ2) is 3.85. The molecule has 0 unspecified atom stereocenters. The number of nitrogens with one attached hydrogen (secondary N) is 1. The predicted octanol–water partition coefficient (Wildman–Crippen LogP) is 1.37. The van der Waals surface area contributed by atoms with E-state index in [0.717, 1.165) is 6.61 Å². The van der Waals surface area contributed by atoms with Crippen LogP contribution in [0, 0.1) is 0 Å². The molecule has 9 heavy (non-hydrogen) atoms. The number of ether oxygens (including phenoxy) is 1. The highest BCUT2D eigenvalue weighted by Gasteiger charge is 2.06. The van der Waals surface area contributed by atoms with Gasteiger partial charge in [-0.3, -0.25) is 5.32 Å². The third-order valence-corrected chi connectivity index (χ3v) is 0.909. The molecule has 0 amide bonds. The van der Waals surface area contributed by atoms with Crippen LogP contribution < -0.4 is 5.32 Å². The van der Waals surface area contributed by atoms with E-state index >= 15 is 0 Å². The molecule has 2 heteroatoms. The lowest BCUT2D eigenvalue weighted by Gasteiger charge is -2.19. The second-order valence-electron chi connectivity index (χ2n) is 3.06. The van der Waals surface area contributed by atoms with Crippen molar-refractivity contribution in [2.24, 2.45) is 0 Å². The smallest absolute Gasteiger partial charge is 0.0969 e. The first-order valence-corrected chi connectivity index (χ1v) is 3.39. The van der Waals surface area contributed by atoms with Crippen molar-refractivity contribution < 1.29 is 4.74 Å². The van der Waals surface area contributed by atoms with Crippen LogP contribution in [0.25, 0.3) is 0 Å². The summed E-state index contributed by atoms with van der Waals surface area (Å²) in [5.74, 6) is 0. The standard InChI is InChI=1S/C7H17NO/c1-5-9-6-8-7(2,3)4/h8H,5-6H2,1-4H3. The van der Waals surface area contributed by atoms with Gasteiger partial charge in [0.1, 0.15) is 0 Å². The normalized spacial score (nSPS) is 12.0. The van der Waals surface area contributed by atoms with Crippen LogP contribution in [-0.4, -0.2) is 18.9 Å². The Hall–Kier alpha value is -0.0800. The molecular formula is C7H17NO. The van der Waals surface area contributed by atoms with Crippen molar-refractivity contribution in [2.45, 2.75) is 33.2 Å². The van der Waals surface area contributed by atoms with Gasteiger partial charge in [0, 0.05) is 12.1 Å². The molecule has 0 spiro atoms. The summed E-state index contributed by atoms with van der Waals surface area (Å²) in [6.07, 6.45) is 0. The van der Waals surface area contributed by atoms with E-state index < -0.39 is 0 Å². The van der Waals surface area contributed by atoms with E-state index in [2.05, 4.69) is 26.1 Å². The van der Waals surface area contributed by atoms with Gasteiger partial charge in [-0.2, -0.15) is 0 Å². The Balaban J connectivity index is 3.07. The number of hydrogen-bond acceptors (Lipinski definition) is 2. The van der Waals surface area contributed by atoms with Crippen LogP contribution in [0.15, 0.2) is 0 Å². The summed E-state index contributed by atoms with van der Waals surface area (Å²) in [5, 5.41) is 3.20. The van der Waals surface area contributed by atoms with Crippen LogP contribution in [0.2, 0.25) is 0 Å². The lowest BCUT2D eigenvalue weighted by atomic mass is 10.1. The predicted molar refractivity (Wildman–Crippen MR) is 39.4 cm³/mol. The van der Waals surface area contributed by atoms with Gasteiger partial charge in [-0.15, -0.1) is 0 Å². The van der Waals surface area contributed by atoms with Gasteiger partial charge in [0.05, 0.1) is 6.73 Å². The van der Waals surface area contributed by atoms with Crippen molar-refractivity contribution in [3.63, 3.8) is 0 Å². The maximum absolute atomic E-state index is 5.10. The molecule has 0 aromatic carbocycles. The van der Waals surface area contributed by atoms with E-state index in [1.54, 1.807) is 0 Å². The molecule has 0 aliphatic carbocycles. The topological polar surface area (TPSA) is 21.3 Å². The molecule has 56 valence electrons. The second-order valence-corrected chi connectivity index (χ2v) is 3.06. The summed E-state index contributed by atoms with van der Waals surface area (Å²) >= 11 is 0. The molecule has 0 aliphatic heterocycles. The molecule has 0 aromatic heterocycles. The minimum Gasteiger partial charge on any atom is -0.367 e. The Kier molecular flexibility index (Phi) is 3.82. The van der Waals surface area contributed by atoms with Crippen LogP contribution >= 0.6 is 0 Å². The molecule has 0 heterocycles. The maximum atomic E-state index is 5.10. The van der Waals surface area contributed by atoms with Crippen molar-refractivity contribution in [3.05, 3.63) is 0 Å². The Morgan fingerprint density at radius 3 is 2.22 bits per heavy atom. The first-order valence-electron chi connectivity index (χ1n) is 3.39. The van der Waals surface area contributed by atoms with E-state index in [0.29, 0.717) is 6.73 Å². The molecule has 0 aliphatic rings. The molecule has 0 fully saturated rings. The molecule has 0 rings (SSSR count). The van der Waals surface area contributed by atoms with Gasteiger partial charge < -0.3 is 4.74 Å². The van der Waals surface area contributed by atoms with E-state index in [9.17, 15) is 0 Å². The minimum atomic E-state index is 0.176. The van der Waals surface area contributed by atoms with Crippen LogP contribution in [0.5, 0.6) is 0 Å². The average Bonchev–Trinajstić information content (AvgIpc) is 1.63. The van der Waals surface area contributed by atoms with Gasteiger partial charge in [-0.1, -0.05) is 0 Å². The number of hydrogen-bond donors (Lipinski definition) is 1. The quantitative estimate of drug-likeness (QED) is 0.461. The summed E-state index contributed by atoms with van der Waals surface area (Å²) in [4.78, 5) is 0. The molecule has 0 atom stereocenters. The van der Waals surface area contributed by atoms with E-state index in [1.165, 1.54) is 0 Å². The third kappa shape index (κ3) is 7.92. The van der Waals surface area contributed by atoms with Gasteiger partial charge in [-0.05, 0) is 27.7 Å². The average molecular weight is 131 g/mol. The fraction of sp³-hybridized carbons (Fsp3) is 1.00. The zero-order chi connectivity index (χ0) is 7.33. The Morgan fingerprint density at radius 1 is 1.33 bits per heavy atom. The fourth-order valence-electron chi connectivity index (χ4n) is 0.370. The van der Waals surface area contributed by atoms with Gasteiger partial charge in [-0.25, -0.2) is 0 Å². The van der Waals surface area contributed by atoms with Crippen molar-refractivity contribution in [3.8, 4) is 0 Å². The number of rotatable bonds is 3. The van der Waals surface area contributed by atoms with Crippen LogP contribution in [-0.2, 0) is 4.74 Å². The maximum Gasteiger partial charge on any atom is 0.0969 e. The van der Waals surface area contributed by atoms with Crippen molar-refractivity contribution in [1.82, 2.24) is 5.32 Å². The van der Waals surface area contributed by atoms with Crippen LogP contribution in [0.3, 0.4) is 0 Å². The van der Waals surface area contributed by atoms with Gasteiger partial charge >= 0.3 is 0 Å². The van der Waals surface area contributed by atoms with Gasteiger partial charge in [0.15, 0.2) is 0 Å². The van der Waals surface area contributed by atoms with E-state index in [4.69, 9.17) is 4.74 Å². The molecule has 0 saturated carbocycles. The highest BCUT2D eigenvalue weighted by Crippen LogP contribution is 1.96. The van der Waals surface area contributed by atoms with Gasteiger partial charge in [0.25, 0.3) is 0 Å². The lowest BCUT2D eigenvalue weighted by Crippen LogP contribution is -2.37. The summed E-state index contributed by atoms with van der Waals surface area (Å²) in [5.41, 5.74) is 0.176. The van der Waals surface area contributed by atoms with Crippen LogP contribution in [0.4, 0.5) is 0 Å². The first kappa shape index (κ1) is 8.92. The molecule has 0 saturated heterocycles. The van der Waals surface area contributed by atoms with E-state index in [1.807, 2.05) is 6.92 Å². The monoisotopic (exact) mass is 131 g/mol. The largest absolute Gasteiger partial charge is 0.367 e. The lowest BCUT2D eigenvalue weighted by molar-refractivity contribution is 0.109. The summed E-state index contributed by atoms with van der Waals surface area (Å²) in [6.45, 7) is 9.78. The summed E-state index contributed by atoms with van der Waals surface area (Å²) < 4.78 is 5.10. The molecule has 0 radical (unpaired) electrons. The molecule has 2 nitrogen and oxygen atoms in total. The zero-order valence-electron chi connectivity index (χ0n) is 6.82. The SMILES string of the molecule is CCOCNC(C)(C)C. The minimum absolute atomic E-state index is 0.176.